The summed E-state index contributed by atoms with van der Waals surface area (Å²) in [5.41, 5.74) is 1.70. The first-order valence-electron chi connectivity index (χ1n) is 7.88. The van der Waals surface area contributed by atoms with Gasteiger partial charge in [-0.3, -0.25) is 4.79 Å². The van der Waals surface area contributed by atoms with E-state index in [2.05, 4.69) is 5.10 Å². The second-order valence-corrected chi connectivity index (χ2v) is 7.14. The molecule has 0 saturated carbocycles. The number of furan rings is 1. The summed E-state index contributed by atoms with van der Waals surface area (Å²) in [7, 11) is 0. The molecule has 1 aromatic carbocycles. The zero-order chi connectivity index (χ0) is 17.4. The van der Waals surface area contributed by atoms with Gasteiger partial charge in [0.15, 0.2) is 5.76 Å². The smallest absolute Gasteiger partial charge is 0.310 e. The van der Waals surface area contributed by atoms with E-state index in [4.69, 9.17) is 4.42 Å². The van der Waals surface area contributed by atoms with Crippen molar-refractivity contribution in [3.05, 3.63) is 81.7 Å². The fourth-order valence-electron chi connectivity index (χ4n) is 2.89. The number of aryl methyl sites for hydroxylation is 1. The number of hydrogen-bond acceptors (Lipinski definition) is 4. The highest BCUT2D eigenvalue weighted by Gasteiger charge is 2.35. The van der Waals surface area contributed by atoms with Gasteiger partial charge in [-0.2, -0.15) is 5.10 Å². The summed E-state index contributed by atoms with van der Waals surface area (Å²) in [5.74, 6) is -0.372. The van der Waals surface area contributed by atoms with Crippen LogP contribution in [0.25, 0.3) is 0 Å². The van der Waals surface area contributed by atoms with Gasteiger partial charge in [0.2, 0.25) is 0 Å². The van der Waals surface area contributed by atoms with Crippen molar-refractivity contribution >= 4 is 23.0 Å². The lowest BCUT2D eigenvalue weighted by Gasteiger charge is -2.21. The highest BCUT2D eigenvalue weighted by atomic mass is 32.1. The standard InChI is InChI=1S/C19H15FN2O2S/c1-12-4-9-18(25-12)15-11-16(13-5-7-14(20)8-6-13)22(21-15)19(23)17-3-2-10-24-17/h2-10,16H,11H2,1H3/t16-/m0/s1. The molecule has 6 heteroatoms. The molecule has 0 saturated heterocycles. The first-order chi connectivity index (χ1) is 12.1. The van der Waals surface area contributed by atoms with Gasteiger partial charge in [0.1, 0.15) is 5.82 Å². The molecule has 4 rings (SSSR count). The van der Waals surface area contributed by atoms with Crippen molar-refractivity contribution in [1.29, 1.82) is 0 Å². The van der Waals surface area contributed by atoms with Crippen LogP contribution in [-0.4, -0.2) is 16.6 Å². The Morgan fingerprint density at radius 3 is 2.68 bits per heavy atom. The number of halogens is 1. The van der Waals surface area contributed by atoms with Crippen molar-refractivity contribution in [2.75, 3.05) is 0 Å². The number of rotatable bonds is 3. The minimum absolute atomic E-state index is 0.236. The molecule has 3 heterocycles. The van der Waals surface area contributed by atoms with E-state index in [-0.39, 0.29) is 23.5 Å². The largest absolute Gasteiger partial charge is 0.459 e. The SMILES string of the molecule is Cc1ccc(C2=NN(C(=O)c3ccco3)[C@H](c3ccc(F)cc3)C2)s1. The van der Waals surface area contributed by atoms with Crippen molar-refractivity contribution < 1.29 is 13.6 Å². The van der Waals surface area contributed by atoms with Crippen molar-refractivity contribution in [2.45, 2.75) is 19.4 Å². The van der Waals surface area contributed by atoms with E-state index in [1.165, 1.54) is 28.3 Å². The number of benzene rings is 1. The maximum atomic E-state index is 13.3. The second kappa shape index (κ2) is 6.29. The molecular formula is C19H15FN2O2S. The van der Waals surface area contributed by atoms with E-state index < -0.39 is 0 Å². The number of carbonyl (C=O) groups is 1. The molecule has 0 unspecified atom stereocenters. The van der Waals surface area contributed by atoms with Crippen molar-refractivity contribution in [1.82, 2.24) is 5.01 Å². The zero-order valence-corrected chi connectivity index (χ0v) is 14.3. The topological polar surface area (TPSA) is 45.8 Å². The molecule has 126 valence electrons. The van der Waals surface area contributed by atoms with Crippen molar-refractivity contribution in [2.24, 2.45) is 5.10 Å². The van der Waals surface area contributed by atoms with Gasteiger partial charge >= 0.3 is 5.91 Å². The lowest BCUT2D eigenvalue weighted by atomic mass is 10.0. The number of nitrogens with zero attached hydrogens (tertiary/aromatic N) is 2. The highest BCUT2D eigenvalue weighted by molar-refractivity contribution is 7.14. The van der Waals surface area contributed by atoms with E-state index in [1.54, 1.807) is 35.6 Å². The summed E-state index contributed by atoms with van der Waals surface area (Å²) in [6.07, 6.45) is 2.04. The first kappa shape index (κ1) is 15.8. The molecule has 0 spiro atoms. The van der Waals surface area contributed by atoms with E-state index in [0.29, 0.717) is 6.42 Å². The zero-order valence-electron chi connectivity index (χ0n) is 13.5. The van der Waals surface area contributed by atoms with Crippen LogP contribution in [-0.2, 0) is 0 Å². The normalized spacial score (nSPS) is 17.0. The lowest BCUT2D eigenvalue weighted by Crippen LogP contribution is -2.26. The fraction of sp³-hybridized carbons (Fsp3) is 0.158. The van der Waals surface area contributed by atoms with Crippen LogP contribution in [0.15, 0.2) is 64.3 Å². The molecular weight excluding hydrogens is 339 g/mol. The Morgan fingerprint density at radius 1 is 1.24 bits per heavy atom. The number of thiophene rings is 1. The van der Waals surface area contributed by atoms with Crippen LogP contribution in [0.2, 0.25) is 0 Å². The molecule has 25 heavy (non-hydrogen) atoms. The van der Waals surface area contributed by atoms with Crippen LogP contribution >= 0.6 is 11.3 Å². The number of carbonyl (C=O) groups excluding carboxylic acids is 1. The number of amides is 1. The van der Waals surface area contributed by atoms with Crippen LogP contribution in [0.4, 0.5) is 4.39 Å². The lowest BCUT2D eigenvalue weighted by molar-refractivity contribution is 0.0678. The Balaban J connectivity index is 1.72. The molecule has 0 N–H and O–H groups in total. The maximum Gasteiger partial charge on any atom is 0.310 e. The quantitative estimate of drug-likeness (QED) is 0.679. The van der Waals surface area contributed by atoms with Crippen LogP contribution in [0.5, 0.6) is 0 Å². The summed E-state index contributed by atoms with van der Waals surface area (Å²) >= 11 is 1.64. The Labute approximate surface area is 148 Å². The van der Waals surface area contributed by atoms with Gasteiger partial charge in [0.25, 0.3) is 0 Å². The van der Waals surface area contributed by atoms with Gasteiger partial charge in [-0.05, 0) is 48.9 Å². The summed E-state index contributed by atoms with van der Waals surface area (Å²) in [6, 6.07) is 13.2. The summed E-state index contributed by atoms with van der Waals surface area (Å²) in [4.78, 5) is 15.0. The molecule has 2 aromatic heterocycles. The van der Waals surface area contributed by atoms with Gasteiger partial charge in [0, 0.05) is 11.3 Å². The fourth-order valence-corrected chi connectivity index (χ4v) is 3.75. The van der Waals surface area contributed by atoms with Gasteiger partial charge in [-0.15, -0.1) is 11.3 Å². The third kappa shape index (κ3) is 3.00. The van der Waals surface area contributed by atoms with Gasteiger partial charge in [-0.1, -0.05) is 12.1 Å². The number of hydrogen-bond donors (Lipinski definition) is 0. The van der Waals surface area contributed by atoms with Crippen LogP contribution in [0, 0.1) is 12.7 Å². The summed E-state index contributed by atoms with van der Waals surface area (Å²) in [6.45, 7) is 2.03. The molecule has 1 atom stereocenters. The van der Waals surface area contributed by atoms with Crippen molar-refractivity contribution in [3.8, 4) is 0 Å². The van der Waals surface area contributed by atoms with Gasteiger partial charge < -0.3 is 4.42 Å². The van der Waals surface area contributed by atoms with E-state index in [1.807, 2.05) is 19.1 Å². The molecule has 0 fully saturated rings. The minimum atomic E-state index is -0.305. The Kier molecular flexibility index (Phi) is 3.97. The average molecular weight is 354 g/mol. The molecule has 4 nitrogen and oxygen atoms in total. The molecule has 1 aliphatic heterocycles. The van der Waals surface area contributed by atoms with Gasteiger partial charge in [-0.25, -0.2) is 9.40 Å². The summed E-state index contributed by atoms with van der Waals surface area (Å²) in [5, 5.41) is 6.01. The molecule has 1 amide bonds. The van der Waals surface area contributed by atoms with Gasteiger partial charge in [0.05, 0.1) is 22.9 Å². The second-order valence-electron chi connectivity index (χ2n) is 5.86. The Morgan fingerprint density at radius 2 is 2.04 bits per heavy atom. The highest BCUT2D eigenvalue weighted by Crippen LogP contribution is 2.35. The Bertz CT molecular complexity index is 929. The van der Waals surface area contributed by atoms with Crippen LogP contribution < -0.4 is 0 Å². The third-order valence-corrected chi connectivity index (χ3v) is 5.18. The minimum Gasteiger partial charge on any atom is -0.459 e. The molecule has 0 aliphatic carbocycles. The van der Waals surface area contributed by atoms with E-state index >= 15 is 0 Å². The third-order valence-electron chi connectivity index (χ3n) is 4.13. The molecule has 3 aromatic rings. The van der Waals surface area contributed by atoms with Crippen LogP contribution in [0.3, 0.4) is 0 Å². The molecule has 1 aliphatic rings. The first-order valence-corrected chi connectivity index (χ1v) is 8.70. The predicted octanol–water partition coefficient (Wildman–Crippen LogP) is 4.78. The summed E-state index contributed by atoms with van der Waals surface area (Å²) < 4.78 is 18.5. The van der Waals surface area contributed by atoms with E-state index in [9.17, 15) is 9.18 Å². The van der Waals surface area contributed by atoms with E-state index in [0.717, 1.165) is 16.2 Å². The monoisotopic (exact) mass is 354 g/mol. The Hall–Kier alpha value is -2.73. The maximum absolute atomic E-state index is 13.3. The number of hydrazone groups is 1. The van der Waals surface area contributed by atoms with Crippen LogP contribution in [0.1, 0.15) is 38.3 Å². The molecule has 0 radical (unpaired) electrons. The molecule has 0 bridgehead atoms. The predicted molar refractivity (Wildman–Crippen MR) is 94.2 cm³/mol. The van der Waals surface area contributed by atoms with Crippen molar-refractivity contribution in [3.63, 3.8) is 0 Å². The average Bonchev–Trinajstić information content (AvgIpc) is 3.35.